The first-order valence-corrected chi connectivity index (χ1v) is 7.94. The molecular formula is C11H20N2O5S. The van der Waals surface area contributed by atoms with Gasteiger partial charge in [0.25, 0.3) is 10.2 Å². The molecule has 0 bridgehead atoms. The first-order chi connectivity index (χ1) is 8.95. The molecule has 2 rings (SSSR count). The number of nitrogens with zero attached hydrogens (tertiary/aromatic N) is 2. The van der Waals surface area contributed by atoms with Gasteiger partial charge in [0.1, 0.15) is 5.54 Å². The van der Waals surface area contributed by atoms with Crippen LogP contribution in [0.4, 0.5) is 0 Å². The van der Waals surface area contributed by atoms with E-state index in [4.69, 9.17) is 4.74 Å². The van der Waals surface area contributed by atoms with Gasteiger partial charge in [-0.05, 0) is 19.3 Å². The molecule has 7 nitrogen and oxygen atoms in total. The Morgan fingerprint density at radius 1 is 1.32 bits per heavy atom. The molecule has 0 spiro atoms. The largest absolute Gasteiger partial charge is 0.480 e. The van der Waals surface area contributed by atoms with Crippen molar-refractivity contribution in [3.63, 3.8) is 0 Å². The number of hydrogen-bond donors (Lipinski definition) is 1. The van der Waals surface area contributed by atoms with E-state index in [9.17, 15) is 18.3 Å². The fourth-order valence-corrected chi connectivity index (χ4v) is 4.81. The molecular weight excluding hydrogens is 272 g/mol. The van der Waals surface area contributed by atoms with Crippen molar-refractivity contribution in [2.24, 2.45) is 0 Å². The van der Waals surface area contributed by atoms with Crippen LogP contribution in [0, 0.1) is 0 Å². The average Bonchev–Trinajstić information content (AvgIpc) is 2.85. The minimum absolute atomic E-state index is 0.278. The number of carbonyl (C=O) groups is 1. The molecule has 110 valence electrons. The first-order valence-electron chi connectivity index (χ1n) is 6.54. The van der Waals surface area contributed by atoms with Crippen LogP contribution in [0.25, 0.3) is 0 Å². The van der Waals surface area contributed by atoms with E-state index in [1.54, 1.807) is 6.92 Å². The molecule has 0 aromatic rings. The summed E-state index contributed by atoms with van der Waals surface area (Å²) < 4.78 is 32.8. The fraction of sp³-hybridized carbons (Fsp3) is 0.909. The Bertz CT molecular complexity index is 446. The molecule has 1 N–H and O–H groups in total. The molecule has 1 unspecified atom stereocenters. The van der Waals surface area contributed by atoms with Crippen molar-refractivity contribution in [2.45, 2.75) is 31.7 Å². The van der Waals surface area contributed by atoms with E-state index in [1.165, 1.54) is 8.61 Å². The Balaban J connectivity index is 2.30. The molecule has 2 saturated heterocycles. The molecule has 1 atom stereocenters. The SMILES string of the molecule is CCC1(C(=O)O)CCCN1S(=O)(=O)N1CCOCC1. The number of ether oxygens (including phenoxy) is 1. The van der Waals surface area contributed by atoms with Crippen LogP contribution >= 0.6 is 0 Å². The molecule has 0 radical (unpaired) electrons. The van der Waals surface area contributed by atoms with Gasteiger partial charge in [0.05, 0.1) is 13.2 Å². The van der Waals surface area contributed by atoms with Gasteiger partial charge >= 0.3 is 5.97 Å². The maximum Gasteiger partial charge on any atom is 0.325 e. The van der Waals surface area contributed by atoms with E-state index >= 15 is 0 Å². The van der Waals surface area contributed by atoms with Crippen LogP contribution in [0.5, 0.6) is 0 Å². The van der Waals surface area contributed by atoms with E-state index in [0.29, 0.717) is 26.1 Å². The van der Waals surface area contributed by atoms with Crippen molar-refractivity contribution in [2.75, 3.05) is 32.8 Å². The first kappa shape index (κ1) is 14.7. The van der Waals surface area contributed by atoms with Gasteiger partial charge < -0.3 is 9.84 Å². The van der Waals surface area contributed by atoms with Crippen molar-refractivity contribution >= 4 is 16.2 Å². The smallest absolute Gasteiger partial charge is 0.325 e. The number of morpholine rings is 1. The van der Waals surface area contributed by atoms with Crippen molar-refractivity contribution < 1.29 is 23.1 Å². The highest BCUT2D eigenvalue weighted by Crippen LogP contribution is 2.36. The number of carboxylic acids is 1. The van der Waals surface area contributed by atoms with Gasteiger partial charge in [-0.2, -0.15) is 17.0 Å². The molecule has 2 heterocycles. The van der Waals surface area contributed by atoms with Crippen LogP contribution in [0.2, 0.25) is 0 Å². The second kappa shape index (κ2) is 5.35. The number of hydrogen-bond acceptors (Lipinski definition) is 4. The molecule has 0 amide bonds. The quantitative estimate of drug-likeness (QED) is 0.781. The average molecular weight is 292 g/mol. The fourth-order valence-electron chi connectivity index (χ4n) is 2.82. The standard InChI is InChI=1S/C11H20N2O5S/c1-2-11(10(14)15)4-3-5-13(11)19(16,17)12-6-8-18-9-7-12/h2-9H2,1H3,(H,14,15). The van der Waals surface area contributed by atoms with Gasteiger partial charge in [-0.1, -0.05) is 6.92 Å². The van der Waals surface area contributed by atoms with E-state index in [2.05, 4.69) is 0 Å². The van der Waals surface area contributed by atoms with E-state index < -0.39 is 21.7 Å². The third kappa shape index (κ3) is 2.37. The summed E-state index contributed by atoms with van der Waals surface area (Å²) in [6.45, 7) is 3.30. The highest BCUT2D eigenvalue weighted by molar-refractivity contribution is 7.86. The van der Waals surface area contributed by atoms with Crippen LogP contribution in [-0.2, 0) is 19.7 Å². The molecule has 2 aliphatic heterocycles. The molecule has 2 aliphatic rings. The topological polar surface area (TPSA) is 87.2 Å². The summed E-state index contributed by atoms with van der Waals surface area (Å²) in [7, 11) is -3.72. The second-order valence-corrected chi connectivity index (χ2v) is 6.74. The zero-order valence-corrected chi connectivity index (χ0v) is 11.9. The van der Waals surface area contributed by atoms with Crippen LogP contribution in [0.1, 0.15) is 26.2 Å². The lowest BCUT2D eigenvalue weighted by atomic mass is 9.95. The summed E-state index contributed by atoms with van der Waals surface area (Å²) >= 11 is 0. The second-order valence-electron chi connectivity index (χ2n) is 4.89. The normalized spacial score (nSPS) is 30.6. The maximum atomic E-state index is 12.6. The maximum absolute atomic E-state index is 12.6. The molecule has 0 aromatic heterocycles. The summed E-state index contributed by atoms with van der Waals surface area (Å²) in [4.78, 5) is 11.5. The summed E-state index contributed by atoms with van der Waals surface area (Å²) in [5.41, 5.74) is -1.28. The molecule has 19 heavy (non-hydrogen) atoms. The van der Waals surface area contributed by atoms with E-state index in [0.717, 1.165) is 0 Å². The van der Waals surface area contributed by atoms with Crippen LogP contribution in [0.3, 0.4) is 0 Å². The summed E-state index contributed by atoms with van der Waals surface area (Å²) in [5, 5.41) is 9.45. The Kier molecular flexibility index (Phi) is 4.14. The predicted molar refractivity (Wildman–Crippen MR) is 67.9 cm³/mol. The van der Waals surface area contributed by atoms with Gasteiger partial charge in [0.2, 0.25) is 0 Å². The summed E-state index contributed by atoms with van der Waals surface area (Å²) in [5.74, 6) is -1.05. The van der Waals surface area contributed by atoms with Crippen molar-refractivity contribution in [3.05, 3.63) is 0 Å². The molecule has 0 aliphatic carbocycles. The zero-order chi connectivity index (χ0) is 14.1. The third-order valence-electron chi connectivity index (χ3n) is 3.99. The van der Waals surface area contributed by atoms with Crippen molar-refractivity contribution in [3.8, 4) is 0 Å². The monoisotopic (exact) mass is 292 g/mol. The number of aliphatic carboxylic acids is 1. The Morgan fingerprint density at radius 3 is 2.47 bits per heavy atom. The van der Waals surface area contributed by atoms with Crippen molar-refractivity contribution in [1.82, 2.24) is 8.61 Å². The summed E-state index contributed by atoms with van der Waals surface area (Å²) in [6.07, 6.45) is 1.25. The molecule has 8 heteroatoms. The molecule has 0 aromatic carbocycles. The third-order valence-corrected chi connectivity index (χ3v) is 6.09. The summed E-state index contributed by atoms with van der Waals surface area (Å²) in [6, 6.07) is 0. The minimum Gasteiger partial charge on any atom is -0.480 e. The van der Waals surface area contributed by atoms with Gasteiger partial charge in [0, 0.05) is 19.6 Å². The lowest BCUT2D eigenvalue weighted by molar-refractivity contribution is -0.147. The van der Waals surface area contributed by atoms with Gasteiger partial charge in [-0.3, -0.25) is 4.79 Å². The Morgan fingerprint density at radius 2 is 1.95 bits per heavy atom. The lowest BCUT2D eigenvalue weighted by Gasteiger charge is -2.37. The highest BCUT2D eigenvalue weighted by Gasteiger charge is 2.53. The highest BCUT2D eigenvalue weighted by atomic mass is 32.2. The minimum atomic E-state index is -3.72. The van der Waals surface area contributed by atoms with Crippen LogP contribution in [-0.4, -0.2) is 66.5 Å². The molecule has 0 saturated carbocycles. The number of carboxylic acid groups (broad SMARTS) is 1. The Hall–Kier alpha value is -0.700. The molecule has 2 fully saturated rings. The Labute approximate surface area is 113 Å². The zero-order valence-electron chi connectivity index (χ0n) is 11.0. The van der Waals surface area contributed by atoms with Crippen LogP contribution in [0.15, 0.2) is 0 Å². The number of rotatable bonds is 4. The van der Waals surface area contributed by atoms with Gasteiger partial charge in [-0.15, -0.1) is 0 Å². The van der Waals surface area contributed by atoms with Gasteiger partial charge in [0.15, 0.2) is 0 Å². The van der Waals surface area contributed by atoms with Gasteiger partial charge in [-0.25, -0.2) is 0 Å². The predicted octanol–water partition coefficient (Wildman–Crippen LogP) is -0.107. The van der Waals surface area contributed by atoms with Crippen LogP contribution < -0.4 is 0 Å². The van der Waals surface area contributed by atoms with E-state index in [1.807, 2.05) is 0 Å². The lowest BCUT2D eigenvalue weighted by Crippen LogP contribution is -2.58. The van der Waals surface area contributed by atoms with E-state index in [-0.39, 0.29) is 26.1 Å². The van der Waals surface area contributed by atoms with Crippen molar-refractivity contribution in [1.29, 1.82) is 0 Å².